The number of piperidine rings is 3. The highest BCUT2D eigenvalue weighted by Crippen LogP contribution is 2.33. The molecule has 0 aromatic carbocycles. The average molecular weight is 318 g/mol. The zero-order valence-corrected chi connectivity index (χ0v) is 13.2. The summed E-state index contributed by atoms with van der Waals surface area (Å²) in [5.74, 6) is 1.07. The van der Waals surface area contributed by atoms with Crippen molar-refractivity contribution < 1.29 is 9.21 Å². The first-order chi connectivity index (χ1) is 10.7. The van der Waals surface area contributed by atoms with Gasteiger partial charge in [0, 0.05) is 12.1 Å². The van der Waals surface area contributed by atoms with Crippen molar-refractivity contribution >= 4 is 17.2 Å². The van der Waals surface area contributed by atoms with E-state index in [1.54, 1.807) is 0 Å². The van der Waals surface area contributed by atoms with Crippen LogP contribution < -0.4 is 5.32 Å². The first kappa shape index (κ1) is 13.9. The minimum atomic E-state index is 0.00126. The molecule has 3 fully saturated rings. The molecule has 3 aliphatic rings. The highest BCUT2D eigenvalue weighted by atomic mass is 32.1. The van der Waals surface area contributed by atoms with Gasteiger partial charge in [-0.25, -0.2) is 0 Å². The molecule has 2 aromatic heterocycles. The maximum Gasteiger partial charge on any atom is 0.261 e. The van der Waals surface area contributed by atoms with Crippen molar-refractivity contribution in [1.82, 2.24) is 20.4 Å². The maximum absolute atomic E-state index is 12.5. The molecule has 7 heteroatoms. The maximum atomic E-state index is 12.5. The molecule has 116 valence electrons. The zero-order chi connectivity index (χ0) is 15.1. The number of rotatable bonds is 3. The van der Waals surface area contributed by atoms with Crippen molar-refractivity contribution in [3.63, 3.8) is 0 Å². The fourth-order valence-corrected chi connectivity index (χ4v) is 4.46. The lowest BCUT2D eigenvalue weighted by molar-refractivity contribution is 0.0218. The number of carbonyl (C=O) groups is 1. The Balaban J connectivity index is 1.48. The van der Waals surface area contributed by atoms with Gasteiger partial charge in [-0.15, -0.1) is 21.5 Å². The third kappa shape index (κ3) is 2.34. The smallest absolute Gasteiger partial charge is 0.261 e. The van der Waals surface area contributed by atoms with Crippen molar-refractivity contribution in [3.05, 3.63) is 23.4 Å². The lowest BCUT2D eigenvalue weighted by Crippen LogP contribution is -2.62. The first-order valence-corrected chi connectivity index (χ1v) is 8.45. The van der Waals surface area contributed by atoms with E-state index in [0.29, 0.717) is 22.7 Å². The third-order valence-corrected chi connectivity index (χ3v) is 5.95. The molecule has 2 aromatic rings. The summed E-state index contributed by atoms with van der Waals surface area (Å²) in [6, 6.07) is 4.36. The van der Waals surface area contributed by atoms with Crippen LogP contribution in [0.2, 0.25) is 0 Å². The van der Waals surface area contributed by atoms with E-state index in [4.69, 9.17) is 4.42 Å². The van der Waals surface area contributed by atoms with E-state index >= 15 is 0 Å². The molecule has 1 amide bonds. The molecule has 6 nitrogen and oxygen atoms in total. The fraction of sp³-hybridized carbons (Fsp3) is 0.533. The summed E-state index contributed by atoms with van der Waals surface area (Å²) >= 11 is 1.39. The summed E-state index contributed by atoms with van der Waals surface area (Å²) in [7, 11) is 0. The van der Waals surface area contributed by atoms with Gasteiger partial charge in [0.25, 0.3) is 11.8 Å². The van der Waals surface area contributed by atoms with E-state index in [2.05, 4.69) is 27.3 Å². The van der Waals surface area contributed by atoms with Crippen LogP contribution in [0.4, 0.5) is 0 Å². The molecular formula is C15H18N4O2S. The topological polar surface area (TPSA) is 71.3 Å². The van der Waals surface area contributed by atoms with E-state index in [0.717, 1.165) is 4.88 Å². The first-order valence-electron chi connectivity index (χ1n) is 7.63. The van der Waals surface area contributed by atoms with E-state index in [9.17, 15) is 4.79 Å². The van der Waals surface area contributed by atoms with Gasteiger partial charge in [0.05, 0.1) is 9.75 Å². The van der Waals surface area contributed by atoms with Gasteiger partial charge in [-0.1, -0.05) is 0 Å². The van der Waals surface area contributed by atoms with Gasteiger partial charge in [0.15, 0.2) is 0 Å². The average Bonchev–Trinajstić information content (AvgIpc) is 3.21. The number of fused-ring (bicyclic) bond motifs is 3. The van der Waals surface area contributed by atoms with Crippen LogP contribution in [0.15, 0.2) is 22.9 Å². The monoisotopic (exact) mass is 318 g/mol. The summed E-state index contributed by atoms with van der Waals surface area (Å²) in [6.45, 7) is 4.55. The number of thiophene rings is 1. The largest absolute Gasteiger partial charge is 0.423 e. The molecule has 5 heterocycles. The molecule has 2 atom stereocenters. The van der Waals surface area contributed by atoms with Crippen molar-refractivity contribution in [1.29, 1.82) is 0 Å². The van der Waals surface area contributed by atoms with Crippen molar-refractivity contribution in [3.8, 4) is 10.8 Å². The number of hydrogen-bond donors (Lipinski definition) is 1. The second kappa shape index (κ2) is 5.48. The van der Waals surface area contributed by atoms with Crippen LogP contribution in [0, 0.1) is 5.92 Å². The number of hydrogen-bond acceptors (Lipinski definition) is 6. The summed E-state index contributed by atoms with van der Waals surface area (Å²) in [4.78, 5) is 16.5. The van der Waals surface area contributed by atoms with Gasteiger partial charge >= 0.3 is 0 Å². The second-order valence-electron chi connectivity index (χ2n) is 6.02. The summed E-state index contributed by atoms with van der Waals surface area (Å²) in [5, 5.41) is 10.8. The Bertz CT molecular complexity index is 659. The van der Waals surface area contributed by atoms with Gasteiger partial charge in [0.2, 0.25) is 6.39 Å². The van der Waals surface area contributed by atoms with Crippen molar-refractivity contribution in [2.24, 2.45) is 5.92 Å². The molecule has 2 unspecified atom stereocenters. The summed E-state index contributed by atoms with van der Waals surface area (Å²) in [6.07, 6.45) is 3.67. The van der Waals surface area contributed by atoms with E-state index in [-0.39, 0.29) is 11.9 Å². The van der Waals surface area contributed by atoms with E-state index in [1.165, 1.54) is 43.7 Å². The third-order valence-electron chi connectivity index (χ3n) is 4.88. The molecule has 5 rings (SSSR count). The Hall–Kier alpha value is -1.73. The molecule has 22 heavy (non-hydrogen) atoms. The fourth-order valence-electron chi connectivity index (χ4n) is 3.62. The minimum Gasteiger partial charge on any atom is -0.423 e. The Labute approximate surface area is 132 Å². The van der Waals surface area contributed by atoms with Crippen LogP contribution in [0.3, 0.4) is 0 Å². The number of amides is 1. The van der Waals surface area contributed by atoms with Gasteiger partial charge in [-0.2, -0.15) is 0 Å². The van der Waals surface area contributed by atoms with Crippen LogP contribution in [-0.2, 0) is 0 Å². The molecule has 0 radical (unpaired) electrons. The summed E-state index contributed by atoms with van der Waals surface area (Å²) in [5.41, 5.74) is 0. The Morgan fingerprint density at radius 3 is 2.91 bits per heavy atom. The minimum absolute atomic E-state index is 0.00126. The quantitative estimate of drug-likeness (QED) is 0.937. The predicted molar refractivity (Wildman–Crippen MR) is 82.6 cm³/mol. The Kier molecular flexibility index (Phi) is 3.46. The van der Waals surface area contributed by atoms with Crippen LogP contribution in [0.5, 0.6) is 0 Å². The SMILES string of the molecule is CC1C(NC(=O)c2ccc(-c3nnco3)s2)C2CCN1CC2. The molecule has 2 bridgehead atoms. The van der Waals surface area contributed by atoms with Gasteiger partial charge in [0.1, 0.15) is 0 Å². The van der Waals surface area contributed by atoms with Gasteiger partial charge in [-0.05, 0) is 50.9 Å². The van der Waals surface area contributed by atoms with Crippen LogP contribution >= 0.6 is 11.3 Å². The van der Waals surface area contributed by atoms with Gasteiger partial charge in [-0.3, -0.25) is 9.69 Å². The van der Waals surface area contributed by atoms with Crippen molar-refractivity contribution in [2.45, 2.75) is 31.8 Å². The van der Waals surface area contributed by atoms with E-state index < -0.39 is 0 Å². The van der Waals surface area contributed by atoms with Crippen LogP contribution in [-0.4, -0.2) is 46.2 Å². The Morgan fingerprint density at radius 2 is 2.23 bits per heavy atom. The highest BCUT2D eigenvalue weighted by Gasteiger charge is 2.40. The van der Waals surface area contributed by atoms with Crippen LogP contribution in [0.1, 0.15) is 29.4 Å². The number of nitrogens with zero attached hydrogens (tertiary/aromatic N) is 3. The van der Waals surface area contributed by atoms with Gasteiger partial charge < -0.3 is 9.73 Å². The van der Waals surface area contributed by atoms with E-state index in [1.807, 2.05) is 12.1 Å². The van der Waals surface area contributed by atoms with Crippen molar-refractivity contribution in [2.75, 3.05) is 13.1 Å². The highest BCUT2D eigenvalue weighted by molar-refractivity contribution is 7.17. The molecule has 1 N–H and O–H groups in total. The molecule has 3 aliphatic heterocycles. The summed E-state index contributed by atoms with van der Waals surface area (Å²) < 4.78 is 5.17. The lowest BCUT2D eigenvalue weighted by atomic mass is 9.79. The second-order valence-corrected chi connectivity index (χ2v) is 7.10. The lowest BCUT2D eigenvalue weighted by Gasteiger charge is -2.49. The molecule has 0 saturated carbocycles. The number of aromatic nitrogens is 2. The molecule has 3 saturated heterocycles. The molecule has 0 spiro atoms. The number of carbonyl (C=O) groups excluding carboxylic acids is 1. The van der Waals surface area contributed by atoms with Crippen LogP contribution in [0.25, 0.3) is 10.8 Å². The molecular weight excluding hydrogens is 300 g/mol. The number of nitrogens with one attached hydrogen (secondary N) is 1. The Morgan fingerprint density at radius 1 is 1.41 bits per heavy atom. The standard InChI is InChI=1S/C15H18N4O2S/c1-9-13(10-4-6-19(9)7-5-10)17-14(20)11-2-3-12(22-11)15-18-16-8-21-15/h2-3,8-10,13H,4-7H2,1H3,(H,17,20). The molecule has 0 aliphatic carbocycles. The zero-order valence-electron chi connectivity index (χ0n) is 12.4. The normalized spacial score (nSPS) is 30.4. The predicted octanol–water partition coefficient (Wildman–Crippen LogP) is 2.01.